The normalized spacial score (nSPS) is 52.8. The minimum absolute atomic E-state index is 0.111. The molecule has 1 unspecified atom stereocenters. The number of fused-ring (bicyclic) bond motifs is 1. The number of ether oxygens (including phenoxy) is 1. The first-order valence-electron chi connectivity index (χ1n) is 4.74. The van der Waals surface area contributed by atoms with Gasteiger partial charge in [-0.1, -0.05) is 13.3 Å². The maximum absolute atomic E-state index is 9.62. The van der Waals surface area contributed by atoms with Gasteiger partial charge in [0.05, 0.1) is 12.2 Å². The highest BCUT2D eigenvalue weighted by Crippen LogP contribution is 2.43. The SMILES string of the molecule is CC[C@@H]1[C@H]2CC(O)O[C@H]2C[C@H]1O. The van der Waals surface area contributed by atoms with E-state index in [-0.39, 0.29) is 12.2 Å². The van der Waals surface area contributed by atoms with Crippen LogP contribution < -0.4 is 0 Å². The Morgan fingerprint density at radius 1 is 1.33 bits per heavy atom. The molecular weight excluding hydrogens is 156 g/mol. The summed E-state index contributed by atoms with van der Waals surface area (Å²) in [5, 5.41) is 18.9. The molecule has 70 valence electrons. The third-order valence-electron chi connectivity index (χ3n) is 3.27. The molecule has 0 radical (unpaired) electrons. The standard InChI is InChI=1S/C9H16O3/c1-2-5-6-3-9(11)12-8(6)4-7(5)10/h5-11H,2-4H2,1H3/t5-,6-,7-,8+,9?/m1/s1. The second kappa shape index (κ2) is 2.98. The summed E-state index contributed by atoms with van der Waals surface area (Å²) < 4.78 is 5.28. The maximum atomic E-state index is 9.62. The van der Waals surface area contributed by atoms with Crippen molar-refractivity contribution in [2.24, 2.45) is 11.8 Å². The van der Waals surface area contributed by atoms with E-state index in [2.05, 4.69) is 6.92 Å². The van der Waals surface area contributed by atoms with Gasteiger partial charge in [-0.25, -0.2) is 0 Å². The molecule has 1 heterocycles. The van der Waals surface area contributed by atoms with Gasteiger partial charge in [-0.05, 0) is 11.8 Å². The van der Waals surface area contributed by atoms with Gasteiger partial charge in [0.2, 0.25) is 0 Å². The summed E-state index contributed by atoms with van der Waals surface area (Å²) in [5.74, 6) is 0.729. The van der Waals surface area contributed by atoms with E-state index >= 15 is 0 Å². The summed E-state index contributed by atoms with van der Waals surface area (Å²) in [4.78, 5) is 0. The predicted molar refractivity (Wildman–Crippen MR) is 43.4 cm³/mol. The zero-order chi connectivity index (χ0) is 8.72. The zero-order valence-electron chi connectivity index (χ0n) is 7.31. The molecule has 3 nitrogen and oxygen atoms in total. The van der Waals surface area contributed by atoms with Crippen molar-refractivity contribution in [3.8, 4) is 0 Å². The van der Waals surface area contributed by atoms with Crippen LogP contribution in [-0.4, -0.2) is 28.7 Å². The van der Waals surface area contributed by atoms with Crippen LogP contribution in [0, 0.1) is 11.8 Å². The summed E-state index contributed by atoms with van der Waals surface area (Å²) >= 11 is 0. The lowest BCUT2D eigenvalue weighted by atomic mass is 9.90. The molecule has 0 bridgehead atoms. The lowest BCUT2D eigenvalue weighted by Crippen LogP contribution is -2.19. The molecule has 1 saturated carbocycles. The van der Waals surface area contributed by atoms with E-state index in [1.165, 1.54) is 0 Å². The molecule has 0 aromatic carbocycles. The molecule has 0 aromatic rings. The molecular formula is C9H16O3. The zero-order valence-corrected chi connectivity index (χ0v) is 7.31. The van der Waals surface area contributed by atoms with Crippen LogP contribution in [-0.2, 0) is 4.74 Å². The van der Waals surface area contributed by atoms with Gasteiger partial charge in [0, 0.05) is 12.8 Å². The largest absolute Gasteiger partial charge is 0.393 e. The third kappa shape index (κ3) is 1.16. The van der Waals surface area contributed by atoms with E-state index in [9.17, 15) is 10.2 Å². The number of rotatable bonds is 1. The monoisotopic (exact) mass is 172 g/mol. The second-order valence-electron chi connectivity index (χ2n) is 3.90. The molecule has 1 saturated heterocycles. The molecule has 5 atom stereocenters. The van der Waals surface area contributed by atoms with Crippen LogP contribution in [0.5, 0.6) is 0 Å². The average molecular weight is 172 g/mol. The quantitative estimate of drug-likeness (QED) is 0.605. The lowest BCUT2D eigenvalue weighted by molar-refractivity contribution is -0.0951. The first-order valence-corrected chi connectivity index (χ1v) is 4.74. The molecule has 12 heavy (non-hydrogen) atoms. The van der Waals surface area contributed by atoms with Crippen LogP contribution in [0.15, 0.2) is 0 Å². The molecule has 3 heteroatoms. The van der Waals surface area contributed by atoms with Crippen molar-refractivity contribution in [1.29, 1.82) is 0 Å². The Kier molecular flexibility index (Phi) is 2.10. The van der Waals surface area contributed by atoms with E-state index in [1.807, 2.05) is 0 Å². The Morgan fingerprint density at radius 2 is 2.08 bits per heavy atom. The first kappa shape index (κ1) is 8.48. The summed E-state index contributed by atoms with van der Waals surface area (Å²) in [6, 6.07) is 0. The Bertz CT molecular complexity index is 171. The molecule has 2 N–H and O–H groups in total. The van der Waals surface area contributed by atoms with Crippen molar-refractivity contribution >= 4 is 0 Å². The Labute approximate surface area is 72.3 Å². The summed E-state index contributed by atoms with van der Waals surface area (Å²) in [5.41, 5.74) is 0. The fraction of sp³-hybridized carbons (Fsp3) is 1.00. The van der Waals surface area contributed by atoms with Gasteiger partial charge < -0.3 is 14.9 Å². The van der Waals surface area contributed by atoms with Gasteiger partial charge in [-0.2, -0.15) is 0 Å². The molecule has 2 fully saturated rings. The Hall–Kier alpha value is -0.120. The lowest BCUT2D eigenvalue weighted by Gasteiger charge is -2.17. The highest BCUT2D eigenvalue weighted by Gasteiger charge is 2.47. The third-order valence-corrected chi connectivity index (χ3v) is 3.27. The first-order chi connectivity index (χ1) is 5.72. The van der Waals surface area contributed by atoms with Crippen molar-refractivity contribution in [2.45, 2.75) is 44.7 Å². The summed E-state index contributed by atoms with van der Waals surface area (Å²) in [7, 11) is 0. The van der Waals surface area contributed by atoms with E-state index in [4.69, 9.17) is 4.74 Å². The van der Waals surface area contributed by atoms with Gasteiger partial charge in [-0.3, -0.25) is 0 Å². The van der Waals surface area contributed by atoms with E-state index in [0.29, 0.717) is 24.7 Å². The molecule has 0 spiro atoms. The van der Waals surface area contributed by atoms with Crippen molar-refractivity contribution < 1.29 is 14.9 Å². The highest BCUT2D eigenvalue weighted by atomic mass is 16.6. The molecule has 2 rings (SSSR count). The molecule has 1 aliphatic carbocycles. The topological polar surface area (TPSA) is 49.7 Å². The summed E-state index contributed by atoms with van der Waals surface area (Å²) in [6.07, 6.45) is 1.72. The molecule has 1 aliphatic heterocycles. The Balaban J connectivity index is 2.06. The van der Waals surface area contributed by atoms with Gasteiger partial charge in [0.15, 0.2) is 6.29 Å². The smallest absolute Gasteiger partial charge is 0.155 e. The van der Waals surface area contributed by atoms with Gasteiger partial charge in [-0.15, -0.1) is 0 Å². The number of hydrogen-bond acceptors (Lipinski definition) is 3. The highest BCUT2D eigenvalue weighted by molar-refractivity contribution is 4.94. The minimum Gasteiger partial charge on any atom is -0.393 e. The maximum Gasteiger partial charge on any atom is 0.155 e. The van der Waals surface area contributed by atoms with Crippen LogP contribution >= 0.6 is 0 Å². The minimum atomic E-state index is -0.582. The number of aliphatic hydroxyl groups excluding tert-OH is 2. The van der Waals surface area contributed by atoms with Crippen molar-refractivity contribution in [3.05, 3.63) is 0 Å². The van der Waals surface area contributed by atoms with Crippen molar-refractivity contribution in [2.75, 3.05) is 0 Å². The van der Waals surface area contributed by atoms with E-state index < -0.39 is 6.29 Å². The van der Waals surface area contributed by atoms with E-state index in [1.54, 1.807) is 0 Å². The predicted octanol–water partition coefficient (Wildman–Crippen LogP) is 0.501. The number of hydrogen-bond donors (Lipinski definition) is 2. The fourth-order valence-corrected chi connectivity index (χ4v) is 2.70. The molecule has 0 amide bonds. The average Bonchev–Trinajstić information content (AvgIpc) is 2.43. The van der Waals surface area contributed by atoms with Crippen LogP contribution in [0.4, 0.5) is 0 Å². The van der Waals surface area contributed by atoms with Crippen molar-refractivity contribution in [3.63, 3.8) is 0 Å². The van der Waals surface area contributed by atoms with E-state index in [0.717, 1.165) is 6.42 Å². The van der Waals surface area contributed by atoms with Crippen LogP contribution in [0.3, 0.4) is 0 Å². The van der Waals surface area contributed by atoms with Crippen LogP contribution in [0.2, 0.25) is 0 Å². The summed E-state index contributed by atoms with van der Waals surface area (Å²) in [6.45, 7) is 2.08. The molecule has 0 aromatic heterocycles. The van der Waals surface area contributed by atoms with Crippen LogP contribution in [0.25, 0.3) is 0 Å². The fourth-order valence-electron chi connectivity index (χ4n) is 2.70. The van der Waals surface area contributed by atoms with Gasteiger partial charge >= 0.3 is 0 Å². The van der Waals surface area contributed by atoms with Crippen LogP contribution in [0.1, 0.15) is 26.2 Å². The van der Waals surface area contributed by atoms with Gasteiger partial charge in [0.25, 0.3) is 0 Å². The van der Waals surface area contributed by atoms with Crippen molar-refractivity contribution in [1.82, 2.24) is 0 Å². The second-order valence-corrected chi connectivity index (χ2v) is 3.90. The Morgan fingerprint density at radius 3 is 2.75 bits per heavy atom. The molecule has 2 aliphatic rings. The van der Waals surface area contributed by atoms with Gasteiger partial charge in [0.1, 0.15) is 0 Å². The number of aliphatic hydroxyl groups is 2.